The van der Waals surface area contributed by atoms with Gasteiger partial charge in [0.25, 0.3) is 0 Å². The SMILES string of the molecule is [N-]=[NH+]NC(=O)C=Cc1ccc(C=CC(=O)N[NH+]=[N-])cc1. The first-order valence-corrected chi connectivity index (χ1v) is 5.50. The van der Waals surface area contributed by atoms with E-state index in [2.05, 4.69) is 0 Å². The maximum atomic E-state index is 11.0. The summed E-state index contributed by atoms with van der Waals surface area (Å²) in [5.41, 5.74) is 22.0. The summed E-state index contributed by atoms with van der Waals surface area (Å²) in [7, 11) is 0. The topological polar surface area (TPSA) is 131 Å². The average molecular weight is 272 g/mol. The smallest absolute Gasteiger partial charge is 0.215 e. The molecule has 102 valence electrons. The largest absolute Gasteiger partial charge is 0.289 e. The van der Waals surface area contributed by atoms with E-state index in [0.717, 1.165) is 11.1 Å². The highest BCUT2D eigenvalue weighted by molar-refractivity contribution is 5.91. The molecule has 20 heavy (non-hydrogen) atoms. The molecule has 1 aromatic carbocycles. The van der Waals surface area contributed by atoms with Crippen LogP contribution in [-0.2, 0) is 9.59 Å². The third-order valence-electron chi connectivity index (χ3n) is 2.15. The van der Waals surface area contributed by atoms with Crippen LogP contribution in [0.5, 0.6) is 0 Å². The number of hydrazine groups is 2. The van der Waals surface area contributed by atoms with Gasteiger partial charge < -0.3 is 0 Å². The predicted octanol–water partition coefficient (Wildman–Crippen LogP) is -2.02. The molecule has 8 nitrogen and oxygen atoms in total. The van der Waals surface area contributed by atoms with Gasteiger partial charge in [-0.2, -0.15) is 21.5 Å². The van der Waals surface area contributed by atoms with E-state index in [1.165, 1.54) is 22.6 Å². The van der Waals surface area contributed by atoms with E-state index in [4.69, 9.17) is 11.1 Å². The molecule has 2 amide bonds. The van der Waals surface area contributed by atoms with Gasteiger partial charge in [-0.1, -0.05) is 36.4 Å². The molecule has 0 aromatic heterocycles. The number of nitrogens with one attached hydrogen (secondary N) is 4. The first-order valence-electron chi connectivity index (χ1n) is 5.50. The Kier molecular flexibility index (Phi) is 5.98. The molecule has 0 atom stereocenters. The van der Waals surface area contributed by atoms with E-state index in [-0.39, 0.29) is 0 Å². The van der Waals surface area contributed by atoms with Crippen molar-refractivity contribution in [3.05, 3.63) is 58.6 Å². The quantitative estimate of drug-likeness (QED) is 0.270. The van der Waals surface area contributed by atoms with E-state index < -0.39 is 11.8 Å². The second-order valence-corrected chi connectivity index (χ2v) is 3.54. The van der Waals surface area contributed by atoms with Crippen LogP contribution in [0.2, 0.25) is 0 Å². The second-order valence-electron chi connectivity index (χ2n) is 3.54. The van der Waals surface area contributed by atoms with Crippen LogP contribution in [0.3, 0.4) is 0 Å². The van der Waals surface area contributed by atoms with Crippen LogP contribution < -0.4 is 21.3 Å². The fraction of sp³-hybridized carbons (Fsp3) is 0. The van der Waals surface area contributed by atoms with Gasteiger partial charge in [0.05, 0.1) is 0 Å². The Balaban J connectivity index is 2.64. The van der Waals surface area contributed by atoms with Gasteiger partial charge in [-0.05, 0) is 23.3 Å². The molecule has 4 N–H and O–H groups in total. The highest BCUT2D eigenvalue weighted by Gasteiger charge is 1.93. The number of benzene rings is 1. The number of amides is 2. The van der Waals surface area contributed by atoms with Crippen LogP contribution in [0.15, 0.2) is 36.4 Å². The molecule has 0 aliphatic heterocycles. The van der Waals surface area contributed by atoms with Gasteiger partial charge in [-0.3, -0.25) is 9.59 Å². The minimum absolute atomic E-state index is 0.496. The summed E-state index contributed by atoms with van der Waals surface area (Å²) in [5.74, 6) is -0.991. The molecule has 0 radical (unpaired) electrons. The van der Waals surface area contributed by atoms with Crippen LogP contribution in [-0.4, -0.2) is 11.8 Å². The van der Waals surface area contributed by atoms with Crippen molar-refractivity contribution in [1.29, 1.82) is 0 Å². The number of hydrogen-bond acceptors (Lipinski definition) is 2. The zero-order chi connectivity index (χ0) is 14.8. The molecular formula is C12H12N6O2. The molecule has 0 aliphatic rings. The maximum absolute atomic E-state index is 11.0. The van der Waals surface area contributed by atoms with Gasteiger partial charge in [0.2, 0.25) is 11.8 Å². The zero-order valence-corrected chi connectivity index (χ0v) is 10.3. The third kappa shape index (κ3) is 5.45. The first-order chi connectivity index (χ1) is 9.65. The van der Waals surface area contributed by atoms with Crippen molar-refractivity contribution < 1.29 is 20.0 Å². The van der Waals surface area contributed by atoms with Crippen molar-refractivity contribution in [3.63, 3.8) is 0 Å². The van der Waals surface area contributed by atoms with Crippen LogP contribution in [0.1, 0.15) is 11.1 Å². The molecule has 0 aliphatic carbocycles. The lowest BCUT2D eigenvalue weighted by Gasteiger charge is -1.97. The number of hydrogen-bond donors (Lipinski definition) is 4. The van der Waals surface area contributed by atoms with Crippen molar-refractivity contribution >= 4 is 24.0 Å². The van der Waals surface area contributed by atoms with Gasteiger partial charge in [0, 0.05) is 0 Å². The van der Waals surface area contributed by atoms with E-state index in [9.17, 15) is 9.59 Å². The first kappa shape index (κ1) is 14.9. The molecule has 1 aromatic rings. The summed E-state index contributed by atoms with van der Waals surface area (Å²) in [6.45, 7) is 0. The Morgan fingerprint density at radius 2 is 1.20 bits per heavy atom. The van der Waals surface area contributed by atoms with Gasteiger partial charge in [0.1, 0.15) is 0 Å². The fourth-order valence-electron chi connectivity index (χ4n) is 1.26. The molecule has 0 spiro atoms. The van der Waals surface area contributed by atoms with Crippen molar-refractivity contribution in [2.45, 2.75) is 0 Å². The lowest BCUT2D eigenvalue weighted by atomic mass is 10.1. The average Bonchev–Trinajstić information content (AvgIpc) is 2.45. The second kappa shape index (κ2) is 8.03. The van der Waals surface area contributed by atoms with Gasteiger partial charge >= 0.3 is 0 Å². The van der Waals surface area contributed by atoms with Crippen LogP contribution in [0.25, 0.3) is 23.2 Å². The fourth-order valence-corrected chi connectivity index (χ4v) is 1.26. The Morgan fingerprint density at radius 3 is 1.50 bits per heavy atom. The normalized spacial score (nSPS) is 10.4. The number of nitrogens with zero attached hydrogens (tertiary/aromatic N) is 2. The molecule has 8 heteroatoms. The van der Waals surface area contributed by atoms with E-state index >= 15 is 0 Å². The Labute approximate surface area is 114 Å². The Hall–Kier alpha value is -3.16. The Morgan fingerprint density at radius 1 is 0.850 bits per heavy atom. The summed E-state index contributed by atoms with van der Waals surface area (Å²) in [6, 6.07) is 6.99. The standard InChI is InChI=1S/C12H12N6O2/c13-17-15-11(19)7-5-9-1-2-10(4-3-9)6-8-12(20)16-18-14/h1-8,17-18H,(H2-2,13,14,15,16,19,20). The molecular weight excluding hydrogens is 260 g/mol. The molecule has 0 unspecified atom stereocenters. The van der Waals surface area contributed by atoms with Crippen molar-refractivity contribution in [3.8, 4) is 0 Å². The van der Waals surface area contributed by atoms with Gasteiger partial charge in [0.15, 0.2) is 0 Å². The highest BCUT2D eigenvalue weighted by atomic mass is 16.2. The molecule has 1 rings (SSSR count). The monoisotopic (exact) mass is 272 g/mol. The zero-order valence-electron chi connectivity index (χ0n) is 10.3. The van der Waals surface area contributed by atoms with Gasteiger partial charge in [-0.25, -0.2) is 10.9 Å². The van der Waals surface area contributed by atoms with Crippen LogP contribution >= 0.6 is 0 Å². The van der Waals surface area contributed by atoms with Crippen molar-refractivity contribution in [2.75, 3.05) is 0 Å². The van der Waals surface area contributed by atoms with Crippen molar-refractivity contribution in [1.82, 2.24) is 10.9 Å². The summed E-state index contributed by atoms with van der Waals surface area (Å²) < 4.78 is 0. The van der Waals surface area contributed by atoms with Crippen LogP contribution in [0.4, 0.5) is 0 Å². The Bertz CT molecular complexity index is 511. The molecule has 0 saturated carbocycles. The van der Waals surface area contributed by atoms with E-state index in [0.29, 0.717) is 0 Å². The summed E-state index contributed by atoms with van der Waals surface area (Å²) in [6.07, 6.45) is 5.61. The highest BCUT2D eigenvalue weighted by Crippen LogP contribution is 2.07. The summed E-state index contributed by atoms with van der Waals surface area (Å²) in [4.78, 5) is 22.0. The molecule has 0 saturated heterocycles. The minimum Gasteiger partial charge on any atom is -0.289 e. The summed E-state index contributed by atoms with van der Waals surface area (Å²) >= 11 is 0. The van der Waals surface area contributed by atoms with Gasteiger partial charge in [-0.15, -0.1) is 0 Å². The lowest BCUT2D eigenvalue weighted by Crippen LogP contribution is -2.76. The van der Waals surface area contributed by atoms with Crippen LogP contribution in [0, 0.1) is 0 Å². The number of carbonyl (C=O) groups excluding carboxylic acids is 2. The minimum atomic E-state index is -0.496. The lowest BCUT2D eigenvalue weighted by molar-refractivity contribution is -0.532. The number of carbonyl (C=O) groups is 2. The van der Waals surface area contributed by atoms with E-state index in [1.807, 2.05) is 10.9 Å². The summed E-state index contributed by atoms with van der Waals surface area (Å²) in [5, 5.41) is 3.06. The third-order valence-corrected chi connectivity index (χ3v) is 2.15. The molecule has 0 heterocycles. The maximum Gasteiger partial charge on any atom is 0.215 e. The van der Waals surface area contributed by atoms with Crippen molar-refractivity contribution in [2.24, 2.45) is 0 Å². The molecule has 0 bridgehead atoms. The molecule has 0 fully saturated rings. The van der Waals surface area contributed by atoms with E-state index in [1.54, 1.807) is 36.4 Å². The predicted molar refractivity (Wildman–Crippen MR) is 69.4 cm³/mol. The number of rotatable bonds is 6.